The van der Waals surface area contributed by atoms with Gasteiger partial charge in [0.2, 0.25) is 0 Å². The molecule has 0 bridgehead atoms. The lowest BCUT2D eigenvalue weighted by Crippen LogP contribution is -2.05. The molecule has 1 aromatic carbocycles. The van der Waals surface area contributed by atoms with Crippen LogP contribution in [0.1, 0.15) is 17.3 Å². The lowest BCUT2D eigenvalue weighted by Gasteiger charge is -2.07. The Balaban J connectivity index is 1.60. The molecule has 3 heterocycles. The summed E-state index contributed by atoms with van der Waals surface area (Å²) in [4.78, 5) is 17.6. The van der Waals surface area contributed by atoms with Crippen molar-refractivity contribution in [2.75, 3.05) is 0 Å². The highest BCUT2D eigenvalue weighted by molar-refractivity contribution is 7.13. The molecule has 0 saturated carbocycles. The molecular formula is C18H15F2N5S. The molecule has 0 fully saturated rings. The highest BCUT2D eigenvalue weighted by atomic mass is 32.1. The second kappa shape index (κ2) is 6.53. The number of nitrogens with zero attached hydrogens (tertiary/aromatic N) is 5. The van der Waals surface area contributed by atoms with Crippen LogP contribution in [0.25, 0.3) is 21.6 Å². The van der Waals surface area contributed by atoms with Crippen LogP contribution in [-0.4, -0.2) is 24.5 Å². The van der Waals surface area contributed by atoms with Crippen molar-refractivity contribution in [1.29, 1.82) is 0 Å². The van der Waals surface area contributed by atoms with Gasteiger partial charge in [-0.3, -0.25) is 0 Å². The number of imidazole rings is 1. The minimum Gasteiger partial charge on any atom is -0.337 e. The summed E-state index contributed by atoms with van der Waals surface area (Å²) in [5, 5.41) is 2.93. The van der Waals surface area contributed by atoms with Crippen molar-refractivity contribution in [2.45, 2.75) is 19.8 Å². The number of rotatable bonds is 4. The summed E-state index contributed by atoms with van der Waals surface area (Å²) in [7, 11) is 1.93. The fourth-order valence-corrected chi connectivity index (χ4v) is 3.51. The molecule has 0 saturated heterocycles. The highest BCUT2D eigenvalue weighted by Gasteiger charge is 2.14. The molecule has 3 aromatic heterocycles. The van der Waals surface area contributed by atoms with Gasteiger partial charge >= 0.3 is 0 Å². The normalized spacial score (nSPS) is 11.4. The lowest BCUT2D eigenvalue weighted by atomic mass is 10.1. The van der Waals surface area contributed by atoms with Gasteiger partial charge in [-0.2, -0.15) is 0 Å². The fourth-order valence-electron chi connectivity index (χ4n) is 2.92. The summed E-state index contributed by atoms with van der Waals surface area (Å²) in [6.07, 6.45) is 4.88. The number of aromatic nitrogens is 5. The zero-order valence-electron chi connectivity index (χ0n) is 14.2. The topological polar surface area (TPSA) is 56.5 Å². The predicted molar refractivity (Wildman–Crippen MR) is 95.9 cm³/mol. The van der Waals surface area contributed by atoms with Gasteiger partial charge in [-0.25, -0.2) is 28.7 Å². The summed E-state index contributed by atoms with van der Waals surface area (Å²) >= 11 is 1.54. The number of hydrogen-bond donors (Lipinski definition) is 0. The first-order valence-electron chi connectivity index (χ1n) is 8.06. The summed E-state index contributed by atoms with van der Waals surface area (Å²) < 4.78 is 29.3. The monoisotopic (exact) mass is 371 g/mol. The smallest absolute Gasteiger partial charge is 0.170 e. The number of aryl methyl sites for hydroxylation is 4. The Bertz CT molecular complexity index is 1090. The molecule has 0 aliphatic rings. The molecule has 0 spiro atoms. The van der Waals surface area contributed by atoms with E-state index < -0.39 is 11.6 Å². The van der Waals surface area contributed by atoms with E-state index >= 15 is 0 Å². The van der Waals surface area contributed by atoms with E-state index in [0.717, 1.165) is 22.6 Å². The molecule has 0 unspecified atom stereocenters. The second-order valence-electron chi connectivity index (χ2n) is 5.97. The number of halogens is 2. The Morgan fingerprint density at radius 3 is 2.73 bits per heavy atom. The number of benzene rings is 1. The third-order valence-corrected chi connectivity index (χ3v) is 4.97. The number of hydrogen-bond acceptors (Lipinski definition) is 5. The van der Waals surface area contributed by atoms with Crippen LogP contribution >= 0.6 is 11.3 Å². The minimum atomic E-state index is -0.899. The van der Waals surface area contributed by atoms with E-state index in [9.17, 15) is 8.78 Å². The summed E-state index contributed by atoms with van der Waals surface area (Å²) in [6, 6.07) is 2.57. The van der Waals surface area contributed by atoms with E-state index in [4.69, 9.17) is 0 Å². The summed E-state index contributed by atoms with van der Waals surface area (Å²) in [5.74, 6) is -0.315. The first-order valence-corrected chi connectivity index (χ1v) is 8.94. The van der Waals surface area contributed by atoms with Crippen LogP contribution in [-0.2, 0) is 19.9 Å². The first kappa shape index (κ1) is 16.7. The zero-order valence-corrected chi connectivity index (χ0v) is 15.0. The average Bonchev–Trinajstić information content (AvgIpc) is 3.26. The molecule has 0 radical (unpaired) electrons. The molecule has 0 atom stereocenters. The van der Waals surface area contributed by atoms with Gasteiger partial charge in [-0.15, -0.1) is 11.3 Å². The Kier molecular flexibility index (Phi) is 4.20. The van der Waals surface area contributed by atoms with Gasteiger partial charge in [0, 0.05) is 37.7 Å². The highest BCUT2D eigenvalue weighted by Crippen LogP contribution is 2.23. The maximum absolute atomic E-state index is 14.0. The first-order chi connectivity index (χ1) is 12.5. The molecule has 0 aliphatic heterocycles. The lowest BCUT2D eigenvalue weighted by molar-refractivity contribution is 0.516. The van der Waals surface area contributed by atoms with E-state index in [-0.39, 0.29) is 5.39 Å². The van der Waals surface area contributed by atoms with E-state index in [0.29, 0.717) is 29.9 Å². The number of thiazole rings is 1. The van der Waals surface area contributed by atoms with Crippen LogP contribution in [0, 0.1) is 18.6 Å². The maximum Gasteiger partial charge on any atom is 0.170 e. The van der Waals surface area contributed by atoms with Crippen LogP contribution in [0.2, 0.25) is 0 Å². The number of fused-ring (bicyclic) bond motifs is 1. The zero-order chi connectivity index (χ0) is 18.3. The minimum absolute atomic E-state index is 0.136. The van der Waals surface area contributed by atoms with E-state index in [1.807, 2.05) is 23.2 Å². The Labute approximate surface area is 152 Å². The van der Waals surface area contributed by atoms with Gasteiger partial charge in [0.25, 0.3) is 0 Å². The quantitative estimate of drug-likeness (QED) is 0.547. The van der Waals surface area contributed by atoms with Crippen molar-refractivity contribution in [2.24, 2.45) is 7.05 Å². The van der Waals surface area contributed by atoms with Crippen LogP contribution in [0.15, 0.2) is 29.9 Å². The molecule has 4 rings (SSSR count). The fraction of sp³-hybridized carbons (Fsp3) is 0.222. The van der Waals surface area contributed by atoms with Crippen molar-refractivity contribution < 1.29 is 8.78 Å². The van der Waals surface area contributed by atoms with Crippen molar-refractivity contribution in [1.82, 2.24) is 24.5 Å². The van der Waals surface area contributed by atoms with Gasteiger partial charge in [0.15, 0.2) is 11.6 Å². The molecule has 5 nitrogen and oxygen atoms in total. The van der Waals surface area contributed by atoms with E-state index in [1.54, 1.807) is 24.5 Å². The Morgan fingerprint density at radius 1 is 1.12 bits per heavy atom. The molecule has 0 amide bonds. The van der Waals surface area contributed by atoms with Gasteiger partial charge in [-0.1, -0.05) is 0 Å². The molecule has 4 aromatic rings. The third kappa shape index (κ3) is 2.96. The Morgan fingerprint density at radius 2 is 1.96 bits per heavy atom. The molecular weight excluding hydrogens is 356 g/mol. The van der Waals surface area contributed by atoms with Gasteiger partial charge in [-0.05, 0) is 19.1 Å². The molecule has 26 heavy (non-hydrogen) atoms. The van der Waals surface area contributed by atoms with Crippen LogP contribution in [0.4, 0.5) is 8.78 Å². The molecule has 132 valence electrons. The Hall–Kier alpha value is -2.74. The SMILES string of the molecule is Cc1nc(CCc2nc(-c3nccs3)cn2C)nc2ccc(F)c(F)c12. The molecule has 8 heteroatoms. The predicted octanol–water partition coefficient (Wildman–Crippen LogP) is 3.86. The van der Waals surface area contributed by atoms with Crippen LogP contribution < -0.4 is 0 Å². The average molecular weight is 371 g/mol. The van der Waals surface area contributed by atoms with Crippen LogP contribution in [0.5, 0.6) is 0 Å². The van der Waals surface area contributed by atoms with Crippen LogP contribution in [0.3, 0.4) is 0 Å². The second-order valence-corrected chi connectivity index (χ2v) is 6.87. The van der Waals surface area contributed by atoms with Crippen molar-refractivity contribution in [3.8, 4) is 10.7 Å². The summed E-state index contributed by atoms with van der Waals surface area (Å²) in [6.45, 7) is 1.66. The van der Waals surface area contributed by atoms with Crippen molar-refractivity contribution in [3.63, 3.8) is 0 Å². The van der Waals surface area contributed by atoms with Gasteiger partial charge in [0.1, 0.15) is 22.4 Å². The van der Waals surface area contributed by atoms with E-state index in [2.05, 4.69) is 19.9 Å². The largest absolute Gasteiger partial charge is 0.337 e. The van der Waals surface area contributed by atoms with E-state index in [1.165, 1.54) is 6.07 Å². The van der Waals surface area contributed by atoms with Gasteiger partial charge in [0.05, 0.1) is 16.6 Å². The van der Waals surface area contributed by atoms with Gasteiger partial charge < -0.3 is 4.57 Å². The molecule has 0 aliphatic carbocycles. The molecule has 0 N–H and O–H groups in total. The van der Waals surface area contributed by atoms with Crippen molar-refractivity contribution in [3.05, 3.63) is 58.9 Å². The van der Waals surface area contributed by atoms with Crippen molar-refractivity contribution >= 4 is 22.2 Å². The summed E-state index contributed by atoms with van der Waals surface area (Å²) in [5.41, 5.74) is 1.69. The third-order valence-electron chi connectivity index (χ3n) is 4.18. The standard InChI is InChI=1S/C18H15F2N5S/c1-10-16-12(4-3-11(19)17(16)20)23-14(22-10)5-6-15-24-13(9-25(15)2)18-21-7-8-26-18/h3-4,7-9H,5-6H2,1-2H3. The maximum atomic E-state index is 14.0.